The Morgan fingerprint density at radius 2 is 2.28 bits per heavy atom. The van der Waals surface area contributed by atoms with Crippen LogP contribution in [0.1, 0.15) is 24.5 Å². The quantitative estimate of drug-likeness (QED) is 0.527. The Kier molecular flexibility index (Phi) is 4.02. The number of hydrogen-bond donors (Lipinski definition) is 1. The molecule has 132 valence electrons. The van der Waals surface area contributed by atoms with Crippen molar-refractivity contribution < 1.29 is 14.5 Å². The molecule has 5 atom stereocenters. The van der Waals surface area contributed by atoms with Gasteiger partial charge in [-0.3, -0.25) is 4.98 Å². The Bertz CT molecular complexity index is 809. The lowest BCUT2D eigenvalue weighted by Crippen LogP contribution is -2.64. The number of nitrogens with zero attached hydrogens (tertiary/aromatic N) is 2. The smallest absolute Gasteiger partial charge is 0.132 e. The van der Waals surface area contributed by atoms with E-state index in [1.807, 2.05) is 30.3 Å². The van der Waals surface area contributed by atoms with Crippen molar-refractivity contribution in [3.8, 4) is 5.75 Å². The topological polar surface area (TPSA) is 65.4 Å². The molecule has 0 unspecified atom stereocenters. The molecular formula is C20H24N2O3. The number of fused-ring (bicyclic) bond motifs is 4. The van der Waals surface area contributed by atoms with E-state index in [9.17, 15) is 10.3 Å². The second-order valence-corrected chi connectivity index (χ2v) is 7.34. The highest BCUT2D eigenvalue weighted by Crippen LogP contribution is 2.46. The van der Waals surface area contributed by atoms with Crippen LogP contribution in [-0.4, -0.2) is 41.0 Å². The van der Waals surface area contributed by atoms with E-state index >= 15 is 0 Å². The van der Waals surface area contributed by atoms with E-state index in [-0.39, 0.29) is 16.6 Å². The molecule has 5 heteroatoms. The molecule has 2 bridgehead atoms. The lowest BCUT2D eigenvalue weighted by molar-refractivity contribution is -0.929. The van der Waals surface area contributed by atoms with Crippen LogP contribution in [0.3, 0.4) is 0 Å². The molecule has 1 aromatic carbocycles. The summed E-state index contributed by atoms with van der Waals surface area (Å²) in [5, 5.41) is 25.4. The van der Waals surface area contributed by atoms with E-state index in [2.05, 4.69) is 11.6 Å². The van der Waals surface area contributed by atoms with Gasteiger partial charge in [-0.15, -0.1) is 6.58 Å². The maximum atomic E-state index is 13.4. The number of piperidine rings is 3. The molecule has 3 saturated heterocycles. The highest BCUT2D eigenvalue weighted by atomic mass is 16.6. The van der Waals surface area contributed by atoms with Gasteiger partial charge >= 0.3 is 0 Å². The van der Waals surface area contributed by atoms with E-state index in [1.54, 1.807) is 13.3 Å². The number of hydroxylamine groups is 3. The molecule has 0 spiro atoms. The van der Waals surface area contributed by atoms with E-state index in [0.29, 0.717) is 19.0 Å². The second kappa shape index (κ2) is 6.09. The molecule has 4 heterocycles. The SMILES string of the molecule is C=C[C@H]1C[N@+]2([O-])CC[C@H]1C[C@H]2[C@H](O)c1ccnc2ccc(OC)cc12. The molecule has 3 fully saturated rings. The van der Waals surface area contributed by atoms with Gasteiger partial charge in [-0.05, 0) is 35.7 Å². The monoisotopic (exact) mass is 340 g/mol. The van der Waals surface area contributed by atoms with E-state index in [4.69, 9.17) is 4.74 Å². The average molecular weight is 340 g/mol. The number of rotatable bonds is 4. The number of pyridine rings is 1. The molecule has 5 nitrogen and oxygen atoms in total. The Balaban J connectivity index is 1.73. The van der Waals surface area contributed by atoms with Gasteiger partial charge in [0.15, 0.2) is 0 Å². The number of benzene rings is 1. The molecule has 0 saturated carbocycles. The van der Waals surface area contributed by atoms with Crippen molar-refractivity contribution in [3.05, 3.63) is 53.9 Å². The number of quaternary nitrogens is 1. The van der Waals surface area contributed by atoms with Crippen molar-refractivity contribution >= 4 is 10.9 Å². The first-order chi connectivity index (χ1) is 12.1. The number of ether oxygens (including phenoxy) is 1. The lowest BCUT2D eigenvalue weighted by atomic mass is 9.73. The summed E-state index contributed by atoms with van der Waals surface area (Å²) in [6.07, 6.45) is 4.49. The fourth-order valence-corrected chi connectivity index (χ4v) is 4.68. The predicted octanol–water partition coefficient (Wildman–Crippen LogP) is 3.19. The van der Waals surface area contributed by atoms with Crippen LogP contribution in [0.5, 0.6) is 5.75 Å². The number of aliphatic hydroxyl groups is 1. The van der Waals surface area contributed by atoms with Crippen molar-refractivity contribution in [2.45, 2.75) is 25.0 Å². The molecule has 2 aromatic rings. The van der Waals surface area contributed by atoms with Crippen LogP contribution in [-0.2, 0) is 0 Å². The molecule has 3 aliphatic heterocycles. The van der Waals surface area contributed by atoms with E-state index in [0.717, 1.165) is 35.1 Å². The van der Waals surface area contributed by atoms with Crippen LogP contribution in [0.4, 0.5) is 0 Å². The molecule has 0 amide bonds. The summed E-state index contributed by atoms with van der Waals surface area (Å²) in [5.41, 5.74) is 1.57. The van der Waals surface area contributed by atoms with Crippen molar-refractivity contribution in [2.75, 3.05) is 20.2 Å². The number of aromatic nitrogens is 1. The summed E-state index contributed by atoms with van der Waals surface area (Å²) < 4.78 is 5.00. The standard InChI is InChI=1S/C20H24N2O3/c1-3-13-12-22(24)9-7-14(13)10-19(22)20(23)16-6-8-21-18-5-4-15(25-2)11-17(16)18/h3-6,8,11,13-14,19-20,23H,1,7,9-10,12H2,2H3/t13-,14-,19-,20+,22+/m0/s1. The van der Waals surface area contributed by atoms with Crippen LogP contribution in [0.15, 0.2) is 43.1 Å². The maximum Gasteiger partial charge on any atom is 0.132 e. The van der Waals surface area contributed by atoms with Crippen LogP contribution in [0.25, 0.3) is 10.9 Å². The van der Waals surface area contributed by atoms with Crippen LogP contribution in [0.2, 0.25) is 0 Å². The highest BCUT2D eigenvalue weighted by molar-refractivity contribution is 5.83. The summed E-state index contributed by atoms with van der Waals surface area (Å²) in [4.78, 5) is 4.37. The minimum atomic E-state index is -0.802. The number of hydrogen-bond acceptors (Lipinski definition) is 4. The number of aliphatic hydroxyl groups excluding tert-OH is 1. The fraction of sp³-hybridized carbons (Fsp3) is 0.450. The normalized spacial score (nSPS) is 32.5. The Labute approximate surface area is 147 Å². The van der Waals surface area contributed by atoms with Gasteiger partial charge in [-0.25, -0.2) is 0 Å². The van der Waals surface area contributed by atoms with Crippen LogP contribution in [0, 0.1) is 17.0 Å². The third-order valence-corrected chi connectivity index (χ3v) is 6.12. The van der Waals surface area contributed by atoms with Crippen molar-refractivity contribution in [2.24, 2.45) is 11.8 Å². The molecule has 3 aliphatic rings. The molecular weight excluding hydrogens is 316 g/mol. The Hall–Kier alpha value is -1.95. The zero-order chi connectivity index (χ0) is 17.6. The molecule has 25 heavy (non-hydrogen) atoms. The van der Waals surface area contributed by atoms with Gasteiger partial charge in [0, 0.05) is 30.3 Å². The van der Waals surface area contributed by atoms with Gasteiger partial charge in [-0.2, -0.15) is 0 Å². The largest absolute Gasteiger partial charge is 0.632 e. The highest BCUT2D eigenvalue weighted by Gasteiger charge is 2.49. The van der Waals surface area contributed by atoms with Gasteiger partial charge < -0.3 is 19.7 Å². The molecule has 1 N–H and O–H groups in total. The number of methoxy groups -OCH3 is 1. The Morgan fingerprint density at radius 1 is 1.44 bits per heavy atom. The third-order valence-electron chi connectivity index (χ3n) is 6.12. The van der Waals surface area contributed by atoms with Crippen LogP contribution >= 0.6 is 0 Å². The second-order valence-electron chi connectivity index (χ2n) is 7.34. The van der Waals surface area contributed by atoms with Gasteiger partial charge in [0.2, 0.25) is 0 Å². The first-order valence-corrected chi connectivity index (χ1v) is 8.87. The summed E-state index contributed by atoms with van der Waals surface area (Å²) in [5.74, 6) is 1.44. The first kappa shape index (κ1) is 16.5. The lowest BCUT2D eigenvalue weighted by Gasteiger charge is -2.61. The minimum absolute atomic E-state index is 0.268. The van der Waals surface area contributed by atoms with E-state index < -0.39 is 6.10 Å². The Morgan fingerprint density at radius 3 is 3.00 bits per heavy atom. The molecule has 5 rings (SSSR count). The van der Waals surface area contributed by atoms with Gasteiger partial charge in [0.1, 0.15) is 17.9 Å². The summed E-state index contributed by atoms with van der Waals surface area (Å²) in [6.45, 7) is 5.01. The molecule has 0 aliphatic carbocycles. The summed E-state index contributed by atoms with van der Waals surface area (Å²) >= 11 is 0. The average Bonchev–Trinajstić information content (AvgIpc) is 2.66. The van der Waals surface area contributed by atoms with Gasteiger partial charge in [0.05, 0.1) is 25.7 Å². The summed E-state index contributed by atoms with van der Waals surface area (Å²) in [7, 11) is 1.62. The fourth-order valence-electron chi connectivity index (χ4n) is 4.68. The van der Waals surface area contributed by atoms with Crippen molar-refractivity contribution in [1.29, 1.82) is 0 Å². The van der Waals surface area contributed by atoms with E-state index in [1.165, 1.54) is 0 Å². The zero-order valence-corrected chi connectivity index (χ0v) is 14.5. The third kappa shape index (κ3) is 2.63. The van der Waals surface area contributed by atoms with Gasteiger partial charge in [0.25, 0.3) is 0 Å². The summed E-state index contributed by atoms with van der Waals surface area (Å²) in [6, 6.07) is 7.12. The minimum Gasteiger partial charge on any atom is -0.632 e. The molecule has 1 aromatic heterocycles. The van der Waals surface area contributed by atoms with Gasteiger partial charge in [-0.1, -0.05) is 6.08 Å². The maximum absolute atomic E-state index is 13.4. The zero-order valence-electron chi connectivity index (χ0n) is 14.5. The van der Waals surface area contributed by atoms with Crippen molar-refractivity contribution in [3.63, 3.8) is 0 Å². The van der Waals surface area contributed by atoms with Crippen molar-refractivity contribution in [1.82, 2.24) is 4.98 Å². The first-order valence-electron chi connectivity index (χ1n) is 8.87. The molecule has 0 radical (unpaired) electrons. The predicted molar refractivity (Wildman–Crippen MR) is 96.8 cm³/mol. The van der Waals surface area contributed by atoms with Crippen LogP contribution < -0.4 is 4.74 Å².